The van der Waals surface area contributed by atoms with E-state index in [0.717, 1.165) is 5.56 Å². The lowest BCUT2D eigenvalue weighted by atomic mass is 10.0. The summed E-state index contributed by atoms with van der Waals surface area (Å²) in [6.07, 6.45) is 1.58. The monoisotopic (exact) mass is 281 g/mol. The molecule has 0 aliphatic carbocycles. The fourth-order valence-electron chi connectivity index (χ4n) is 1.81. The van der Waals surface area contributed by atoms with E-state index in [4.69, 9.17) is 20.4 Å². The van der Waals surface area contributed by atoms with Crippen molar-refractivity contribution < 1.29 is 13.6 Å². The molecule has 2 rings (SSSR count). The lowest BCUT2D eigenvalue weighted by Gasteiger charge is -2.23. The van der Waals surface area contributed by atoms with Gasteiger partial charge in [-0.15, -0.1) is 11.6 Å². The molecule has 1 amide bonds. The van der Waals surface area contributed by atoms with Gasteiger partial charge in [-0.3, -0.25) is 4.79 Å². The standard InChI is InChI=1S/C14H16ClNO3/c1-9-10(8-15)7-11(19-9)13(17)16-14(2,3)12-5-4-6-18-12/h4-7H,8H2,1-3H3,(H,16,17). The third kappa shape index (κ3) is 2.84. The zero-order valence-corrected chi connectivity index (χ0v) is 11.9. The van der Waals surface area contributed by atoms with Crippen LogP contribution in [0.15, 0.2) is 33.3 Å². The maximum absolute atomic E-state index is 12.1. The second-order valence-corrected chi connectivity index (χ2v) is 5.15. The van der Waals surface area contributed by atoms with Crippen LogP contribution in [-0.4, -0.2) is 5.91 Å². The molecule has 0 radical (unpaired) electrons. The Morgan fingerprint density at radius 2 is 2.21 bits per heavy atom. The first-order valence-electron chi connectivity index (χ1n) is 5.96. The molecule has 4 nitrogen and oxygen atoms in total. The van der Waals surface area contributed by atoms with E-state index >= 15 is 0 Å². The summed E-state index contributed by atoms with van der Waals surface area (Å²) in [6.45, 7) is 5.51. The molecule has 0 aliphatic rings. The van der Waals surface area contributed by atoms with E-state index in [1.807, 2.05) is 19.9 Å². The molecule has 0 atom stereocenters. The van der Waals surface area contributed by atoms with Crippen LogP contribution in [0.3, 0.4) is 0 Å². The predicted molar refractivity (Wildman–Crippen MR) is 72.2 cm³/mol. The fourth-order valence-corrected chi connectivity index (χ4v) is 2.07. The molecule has 0 fully saturated rings. The second kappa shape index (κ2) is 5.13. The largest absolute Gasteiger partial charge is 0.467 e. The fraction of sp³-hybridized carbons (Fsp3) is 0.357. The summed E-state index contributed by atoms with van der Waals surface area (Å²) >= 11 is 5.76. The van der Waals surface area contributed by atoms with Gasteiger partial charge in [0.2, 0.25) is 0 Å². The highest BCUT2D eigenvalue weighted by Crippen LogP contribution is 2.22. The van der Waals surface area contributed by atoms with Gasteiger partial charge in [-0.1, -0.05) is 0 Å². The summed E-state index contributed by atoms with van der Waals surface area (Å²) in [5, 5.41) is 2.87. The Morgan fingerprint density at radius 1 is 1.47 bits per heavy atom. The van der Waals surface area contributed by atoms with Gasteiger partial charge in [0.05, 0.1) is 17.7 Å². The average molecular weight is 282 g/mol. The topological polar surface area (TPSA) is 55.4 Å². The maximum atomic E-state index is 12.1. The molecular formula is C14H16ClNO3. The minimum absolute atomic E-state index is 0.257. The van der Waals surface area contributed by atoms with Crippen LogP contribution in [0.4, 0.5) is 0 Å². The SMILES string of the molecule is Cc1oc(C(=O)NC(C)(C)c2ccco2)cc1CCl. The number of aryl methyl sites for hydroxylation is 1. The number of carbonyl (C=O) groups is 1. The van der Waals surface area contributed by atoms with Crippen LogP contribution in [-0.2, 0) is 11.4 Å². The molecule has 2 aromatic heterocycles. The highest BCUT2D eigenvalue weighted by molar-refractivity contribution is 6.17. The van der Waals surface area contributed by atoms with Gasteiger partial charge >= 0.3 is 0 Å². The van der Waals surface area contributed by atoms with Crippen molar-refractivity contribution in [1.82, 2.24) is 5.32 Å². The van der Waals surface area contributed by atoms with Gasteiger partial charge in [-0.2, -0.15) is 0 Å². The van der Waals surface area contributed by atoms with E-state index in [1.165, 1.54) is 0 Å². The maximum Gasteiger partial charge on any atom is 0.287 e. The molecular weight excluding hydrogens is 266 g/mol. The molecule has 0 unspecified atom stereocenters. The first-order valence-corrected chi connectivity index (χ1v) is 6.49. The molecule has 0 bridgehead atoms. The number of hydrogen-bond donors (Lipinski definition) is 1. The van der Waals surface area contributed by atoms with Gasteiger partial charge in [0.25, 0.3) is 5.91 Å². The van der Waals surface area contributed by atoms with Crippen molar-refractivity contribution in [3.05, 3.63) is 47.3 Å². The summed E-state index contributed by atoms with van der Waals surface area (Å²) in [5.74, 6) is 1.63. The van der Waals surface area contributed by atoms with Gasteiger partial charge in [0, 0.05) is 5.56 Å². The van der Waals surface area contributed by atoms with Gasteiger partial charge in [0.15, 0.2) is 5.76 Å². The minimum atomic E-state index is -0.609. The molecule has 2 aromatic rings. The van der Waals surface area contributed by atoms with Crippen molar-refractivity contribution in [3.63, 3.8) is 0 Å². The zero-order chi connectivity index (χ0) is 14.0. The Bertz CT molecular complexity index is 570. The van der Waals surface area contributed by atoms with Crippen molar-refractivity contribution in [2.75, 3.05) is 0 Å². The predicted octanol–water partition coefficient (Wildman–Crippen LogP) is 3.58. The van der Waals surface area contributed by atoms with Gasteiger partial charge in [-0.25, -0.2) is 0 Å². The van der Waals surface area contributed by atoms with Crippen LogP contribution < -0.4 is 5.32 Å². The number of halogens is 1. The lowest BCUT2D eigenvalue weighted by molar-refractivity contribution is 0.0872. The van der Waals surface area contributed by atoms with Crippen molar-refractivity contribution in [2.24, 2.45) is 0 Å². The summed E-state index contributed by atoms with van der Waals surface area (Å²) in [4.78, 5) is 12.1. The zero-order valence-electron chi connectivity index (χ0n) is 11.1. The Morgan fingerprint density at radius 3 is 2.74 bits per heavy atom. The van der Waals surface area contributed by atoms with Crippen molar-refractivity contribution >= 4 is 17.5 Å². The molecule has 1 N–H and O–H groups in total. The molecule has 0 aliphatic heterocycles. The van der Waals surface area contributed by atoms with Crippen LogP contribution in [0.1, 0.15) is 41.5 Å². The second-order valence-electron chi connectivity index (χ2n) is 4.88. The Balaban J connectivity index is 2.16. The molecule has 0 saturated heterocycles. The van der Waals surface area contributed by atoms with Crippen molar-refractivity contribution in [1.29, 1.82) is 0 Å². The number of nitrogens with one attached hydrogen (secondary N) is 1. The lowest BCUT2D eigenvalue weighted by Crippen LogP contribution is -2.40. The van der Waals surface area contributed by atoms with E-state index < -0.39 is 5.54 Å². The summed E-state index contributed by atoms with van der Waals surface area (Å²) in [6, 6.07) is 5.26. The van der Waals surface area contributed by atoms with Crippen LogP contribution in [0.25, 0.3) is 0 Å². The van der Waals surface area contributed by atoms with Crippen LogP contribution >= 0.6 is 11.6 Å². The molecule has 2 heterocycles. The number of furan rings is 2. The van der Waals surface area contributed by atoms with Crippen LogP contribution in [0, 0.1) is 6.92 Å². The molecule has 102 valence electrons. The number of carbonyl (C=O) groups excluding carboxylic acids is 1. The molecule has 19 heavy (non-hydrogen) atoms. The quantitative estimate of drug-likeness (QED) is 0.872. The summed E-state index contributed by atoms with van der Waals surface area (Å²) in [5.41, 5.74) is 0.213. The van der Waals surface area contributed by atoms with Gasteiger partial charge in [0.1, 0.15) is 11.5 Å². The molecule has 0 saturated carbocycles. The van der Waals surface area contributed by atoms with Gasteiger partial charge < -0.3 is 14.2 Å². The number of rotatable bonds is 4. The summed E-state index contributed by atoms with van der Waals surface area (Å²) in [7, 11) is 0. The summed E-state index contributed by atoms with van der Waals surface area (Å²) < 4.78 is 10.7. The number of alkyl halides is 1. The molecule has 0 aromatic carbocycles. The Hall–Kier alpha value is -1.68. The van der Waals surface area contributed by atoms with E-state index in [-0.39, 0.29) is 11.7 Å². The highest BCUT2D eigenvalue weighted by Gasteiger charge is 2.27. The van der Waals surface area contributed by atoms with E-state index in [0.29, 0.717) is 17.4 Å². The first kappa shape index (κ1) is 13.7. The van der Waals surface area contributed by atoms with Crippen molar-refractivity contribution in [3.8, 4) is 0 Å². The average Bonchev–Trinajstić information content (AvgIpc) is 2.96. The smallest absolute Gasteiger partial charge is 0.287 e. The number of amides is 1. The van der Waals surface area contributed by atoms with Crippen LogP contribution in [0.5, 0.6) is 0 Å². The normalized spacial score (nSPS) is 11.6. The third-order valence-electron chi connectivity index (χ3n) is 2.95. The van der Waals surface area contributed by atoms with E-state index in [9.17, 15) is 4.79 Å². The van der Waals surface area contributed by atoms with Crippen molar-refractivity contribution in [2.45, 2.75) is 32.2 Å². The number of hydrogen-bond acceptors (Lipinski definition) is 3. The Labute approximate surface area is 116 Å². The third-order valence-corrected chi connectivity index (χ3v) is 3.24. The van der Waals surface area contributed by atoms with E-state index in [2.05, 4.69) is 5.32 Å². The Kier molecular flexibility index (Phi) is 3.71. The van der Waals surface area contributed by atoms with Gasteiger partial charge in [-0.05, 0) is 39.0 Å². The minimum Gasteiger partial charge on any atom is -0.467 e. The van der Waals surface area contributed by atoms with Crippen LogP contribution in [0.2, 0.25) is 0 Å². The first-order chi connectivity index (χ1) is 8.94. The van der Waals surface area contributed by atoms with E-state index in [1.54, 1.807) is 25.3 Å². The highest BCUT2D eigenvalue weighted by atomic mass is 35.5. The molecule has 5 heteroatoms. The molecule has 0 spiro atoms.